The van der Waals surface area contributed by atoms with E-state index in [2.05, 4.69) is 23.5 Å². The van der Waals surface area contributed by atoms with Crippen LogP contribution in [0.1, 0.15) is 35.6 Å². The van der Waals surface area contributed by atoms with Crippen LogP contribution in [-0.2, 0) is 4.79 Å². The normalized spacial score (nSPS) is 15.0. The molecule has 1 atom stereocenters. The molecule has 1 aliphatic carbocycles. The van der Waals surface area contributed by atoms with Gasteiger partial charge in [0.2, 0.25) is 0 Å². The zero-order valence-corrected chi connectivity index (χ0v) is 13.7. The molecule has 3 heteroatoms. The van der Waals surface area contributed by atoms with E-state index in [9.17, 15) is 4.79 Å². The third-order valence-corrected chi connectivity index (χ3v) is 4.26. The van der Waals surface area contributed by atoms with Crippen LogP contribution in [-0.4, -0.2) is 12.5 Å². The van der Waals surface area contributed by atoms with E-state index >= 15 is 0 Å². The van der Waals surface area contributed by atoms with Gasteiger partial charge in [-0.1, -0.05) is 48.0 Å². The average molecular weight is 309 g/mol. The molecule has 0 aromatic heterocycles. The van der Waals surface area contributed by atoms with Crippen molar-refractivity contribution in [3.8, 4) is 5.75 Å². The Kier molecular flexibility index (Phi) is 4.65. The van der Waals surface area contributed by atoms with Crippen molar-refractivity contribution < 1.29 is 9.53 Å². The van der Waals surface area contributed by atoms with Crippen molar-refractivity contribution in [2.24, 2.45) is 5.92 Å². The molecule has 3 nitrogen and oxygen atoms in total. The number of nitrogens with one attached hydrogen (secondary N) is 1. The molecule has 0 radical (unpaired) electrons. The van der Waals surface area contributed by atoms with Crippen molar-refractivity contribution >= 4 is 5.91 Å². The molecule has 1 amide bonds. The molecule has 1 unspecified atom stereocenters. The van der Waals surface area contributed by atoms with Crippen LogP contribution in [0.25, 0.3) is 0 Å². The maximum absolute atomic E-state index is 12.3. The smallest absolute Gasteiger partial charge is 0.258 e. The van der Waals surface area contributed by atoms with Gasteiger partial charge < -0.3 is 10.1 Å². The summed E-state index contributed by atoms with van der Waals surface area (Å²) in [6.07, 6.45) is 2.36. The second-order valence-electron chi connectivity index (χ2n) is 6.35. The summed E-state index contributed by atoms with van der Waals surface area (Å²) in [5.41, 5.74) is 3.42. The number of benzene rings is 2. The molecule has 23 heavy (non-hydrogen) atoms. The fraction of sp³-hybridized carbons (Fsp3) is 0.350. The van der Waals surface area contributed by atoms with Crippen LogP contribution in [0.5, 0.6) is 5.75 Å². The molecule has 2 aromatic rings. The van der Waals surface area contributed by atoms with Gasteiger partial charge in [-0.3, -0.25) is 4.79 Å². The largest absolute Gasteiger partial charge is 0.484 e. The summed E-state index contributed by atoms with van der Waals surface area (Å²) in [5, 5.41) is 3.13. The number of rotatable bonds is 6. The Hall–Kier alpha value is -2.29. The zero-order chi connectivity index (χ0) is 16.2. The van der Waals surface area contributed by atoms with E-state index in [-0.39, 0.29) is 18.6 Å². The van der Waals surface area contributed by atoms with Crippen LogP contribution >= 0.6 is 0 Å². The molecule has 120 valence electrons. The Labute approximate surface area is 137 Å². The van der Waals surface area contributed by atoms with Crippen molar-refractivity contribution in [2.45, 2.75) is 32.7 Å². The summed E-state index contributed by atoms with van der Waals surface area (Å²) in [7, 11) is 0. The standard InChI is InChI=1S/C20H23NO2/c1-14-8-11-18(15(2)12-14)23-13-19(22)21-20(17-9-10-17)16-6-4-3-5-7-16/h3-8,11-12,17,20H,9-10,13H2,1-2H3,(H,21,22). The van der Waals surface area contributed by atoms with Gasteiger partial charge in [0.25, 0.3) is 5.91 Å². The number of hydrogen-bond acceptors (Lipinski definition) is 2. The summed E-state index contributed by atoms with van der Waals surface area (Å²) in [6, 6.07) is 16.3. The van der Waals surface area contributed by atoms with Crippen LogP contribution in [0.4, 0.5) is 0 Å². The van der Waals surface area contributed by atoms with Gasteiger partial charge >= 0.3 is 0 Å². The van der Waals surface area contributed by atoms with Gasteiger partial charge in [0.05, 0.1) is 6.04 Å². The fourth-order valence-electron chi connectivity index (χ4n) is 2.88. The van der Waals surface area contributed by atoms with Crippen LogP contribution in [0.15, 0.2) is 48.5 Å². The van der Waals surface area contributed by atoms with E-state index in [1.165, 1.54) is 24.0 Å². The third-order valence-electron chi connectivity index (χ3n) is 4.26. The molecule has 0 spiro atoms. The highest BCUT2D eigenvalue weighted by molar-refractivity contribution is 5.78. The summed E-state index contributed by atoms with van der Waals surface area (Å²) >= 11 is 0. The highest BCUT2D eigenvalue weighted by Gasteiger charge is 2.33. The van der Waals surface area contributed by atoms with Crippen LogP contribution in [0.2, 0.25) is 0 Å². The van der Waals surface area contributed by atoms with Crippen LogP contribution in [0.3, 0.4) is 0 Å². The van der Waals surface area contributed by atoms with Gasteiger partial charge in [-0.15, -0.1) is 0 Å². The van der Waals surface area contributed by atoms with Gasteiger partial charge in [0.15, 0.2) is 6.61 Å². The Morgan fingerprint density at radius 1 is 1.17 bits per heavy atom. The van der Waals surface area contributed by atoms with E-state index in [1.54, 1.807) is 0 Å². The highest BCUT2D eigenvalue weighted by Crippen LogP contribution is 2.40. The molecular weight excluding hydrogens is 286 g/mol. The third kappa shape index (κ3) is 4.13. The lowest BCUT2D eigenvalue weighted by Crippen LogP contribution is -2.33. The first-order valence-corrected chi connectivity index (χ1v) is 8.18. The predicted octanol–water partition coefficient (Wildman–Crippen LogP) is 3.95. The van der Waals surface area contributed by atoms with E-state index in [1.807, 2.05) is 44.2 Å². The first-order chi connectivity index (χ1) is 11.1. The SMILES string of the molecule is Cc1ccc(OCC(=O)NC(c2ccccc2)C2CC2)c(C)c1. The first kappa shape index (κ1) is 15.6. The monoisotopic (exact) mass is 309 g/mol. The summed E-state index contributed by atoms with van der Waals surface area (Å²) in [4.78, 5) is 12.3. The second kappa shape index (κ2) is 6.86. The van der Waals surface area contributed by atoms with Crippen molar-refractivity contribution in [3.63, 3.8) is 0 Å². The van der Waals surface area contributed by atoms with Crippen LogP contribution in [0, 0.1) is 19.8 Å². The van der Waals surface area contributed by atoms with Crippen molar-refractivity contribution in [3.05, 3.63) is 65.2 Å². The first-order valence-electron chi connectivity index (χ1n) is 8.18. The molecule has 1 aliphatic rings. The Bertz CT molecular complexity index is 677. The lowest BCUT2D eigenvalue weighted by Gasteiger charge is -2.19. The van der Waals surface area contributed by atoms with Crippen molar-refractivity contribution in [1.29, 1.82) is 0 Å². The minimum Gasteiger partial charge on any atom is -0.484 e. The molecular formula is C20H23NO2. The van der Waals surface area contributed by atoms with Crippen LogP contribution < -0.4 is 10.1 Å². The molecule has 0 bridgehead atoms. The summed E-state index contributed by atoms with van der Waals surface area (Å²) in [5.74, 6) is 1.27. The van der Waals surface area contributed by atoms with Crippen molar-refractivity contribution in [1.82, 2.24) is 5.32 Å². The number of aryl methyl sites for hydroxylation is 2. The minimum atomic E-state index is -0.0641. The summed E-state index contributed by atoms with van der Waals surface area (Å²) in [6.45, 7) is 4.10. The van der Waals surface area contributed by atoms with Gasteiger partial charge in [0, 0.05) is 0 Å². The average Bonchev–Trinajstić information content (AvgIpc) is 3.37. The molecule has 2 aromatic carbocycles. The number of carbonyl (C=O) groups excluding carboxylic acids is 1. The highest BCUT2D eigenvalue weighted by atomic mass is 16.5. The van der Waals surface area contributed by atoms with Crippen molar-refractivity contribution in [2.75, 3.05) is 6.61 Å². The Morgan fingerprint density at radius 3 is 2.57 bits per heavy atom. The van der Waals surface area contributed by atoms with Gasteiger partial charge in [-0.05, 0) is 49.8 Å². The zero-order valence-electron chi connectivity index (χ0n) is 13.7. The van der Waals surface area contributed by atoms with E-state index in [4.69, 9.17) is 4.74 Å². The molecule has 0 aliphatic heterocycles. The van der Waals surface area contributed by atoms with Gasteiger partial charge in [0.1, 0.15) is 5.75 Å². The lowest BCUT2D eigenvalue weighted by molar-refractivity contribution is -0.124. The molecule has 3 rings (SSSR count). The second-order valence-corrected chi connectivity index (χ2v) is 6.35. The topological polar surface area (TPSA) is 38.3 Å². The maximum Gasteiger partial charge on any atom is 0.258 e. The molecule has 0 saturated heterocycles. The number of ether oxygens (including phenoxy) is 1. The fourth-order valence-corrected chi connectivity index (χ4v) is 2.88. The van der Waals surface area contributed by atoms with E-state index in [0.29, 0.717) is 5.92 Å². The number of amides is 1. The summed E-state index contributed by atoms with van der Waals surface area (Å²) < 4.78 is 5.68. The Balaban J connectivity index is 1.59. The quantitative estimate of drug-likeness (QED) is 0.877. The van der Waals surface area contributed by atoms with Gasteiger partial charge in [-0.2, -0.15) is 0 Å². The Morgan fingerprint density at radius 2 is 1.91 bits per heavy atom. The molecule has 1 saturated carbocycles. The minimum absolute atomic E-state index is 0.0555. The van der Waals surface area contributed by atoms with Gasteiger partial charge in [-0.25, -0.2) is 0 Å². The lowest BCUT2D eigenvalue weighted by atomic mass is 10.0. The maximum atomic E-state index is 12.3. The predicted molar refractivity (Wildman–Crippen MR) is 91.5 cm³/mol. The van der Waals surface area contributed by atoms with E-state index < -0.39 is 0 Å². The van der Waals surface area contributed by atoms with E-state index in [0.717, 1.165) is 11.3 Å². The molecule has 0 heterocycles. The molecule has 1 N–H and O–H groups in total. The molecule has 1 fully saturated rings. The number of hydrogen-bond donors (Lipinski definition) is 1. The number of carbonyl (C=O) groups is 1.